The fourth-order valence-corrected chi connectivity index (χ4v) is 3.22. The Bertz CT molecular complexity index is 744. The van der Waals surface area contributed by atoms with Crippen molar-refractivity contribution in [1.29, 1.82) is 0 Å². The lowest BCUT2D eigenvalue weighted by molar-refractivity contribution is -0.128. The highest BCUT2D eigenvalue weighted by Gasteiger charge is 2.41. The van der Waals surface area contributed by atoms with Crippen LogP contribution in [-0.4, -0.2) is 40.4 Å². The third-order valence-corrected chi connectivity index (χ3v) is 5.31. The van der Waals surface area contributed by atoms with Crippen molar-refractivity contribution in [2.75, 3.05) is 6.54 Å². The molecular formula is C18H20Cl2N2O3. The number of aliphatic hydroxyl groups excluding tert-OH is 1. The van der Waals surface area contributed by atoms with E-state index in [1.165, 1.54) is 0 Å². The summed E-state index contributed by atoms with van der Waals surface area (Å²) < 4.78 is 0. The molecule has 2 amide bonds. The normalized spacial score (nSPS) is 18.7. The number of carbonyl (C=O) groups is 2. The molecule has 1 aromatic rings. The largest absolute Gasteiger partial charge is 0.503 e. The Hall–Kier alpha value is -1.72. The van der Waals surface area contributed by atoms with Crippen LogP contribution in [-0.2, 0) is 16.0 Å². The lowest BCUT2D eigenvalue weighted by Crippen LogP contribution is -2.36. The van der Waals surface area contributed by atoms with E-state index in [9.17, 15) is 14.7 Å². The van der Waals surface area contributed by atoms with Crippen molar-refractivity contribution in [2.24, 2.45) is 0 Å². The summed E-state index contributed by atoms with van der Waals surface area (Å²) in [6.07, 6.45) is 3.32. The highest BCUT2D eigenvalue weighted by atomic mass is 35.5. The number of rotatable bonds is 6. The van der Waals surface area contributed by atoms with Crippen molar-refractivity contribution in [3.05, 3.63) is 45.1 Å². The minimum atomic E-state index is -0.434. The van der Waals surface area contributed by atoms with Gasteiger partial charge in [-0.1, -0.05) is 29.3 Å². The Kier molecular flexibility index (Phi) is 5.25. The molecule has 1 aliphatic heterocycles. The molecular weight excluding hydrogens is 363 g/mol. The van der Waals surface area contributed by atoms with Gasteiger partial charge in [0.25, 0.3) is 11.8 Å². The van der Waals surface area contributed by atoms with Gasteiger partial charge in [0.15, 0.2) is 5.76 Å². The number of nitrogens with one attached hydrogen (secondary N) is 1. The second-order valence-electron chi connectivity index (χ2n) is 6.65. The van der Waals surface area contributed by atoms with Crippen LogP contribution in [0.5, 0.6) is 0 Å². The summed E-state index contributed by atoms with van der Waals surface area (Å²) in [4.78, 5) is 25.9. The quantitative estimate of drug-likeness (QED) is 0.793. The molecule has 0 radical (unpaired) electrons. The van der Waals surface area contributed by atoms with E-state index in [0.29, 0.717) is 16.5 Å². The molecule has 2 aliphatic rings. The zero-order chi connectivity index (χ0) is 18.1. The van der Waals surface area contributed by atoms with Gasteiger partial charge in [0.1, 0.15) is 0 Å². The summed E-state index contributed by atoms with van der Waals surface area (Å²) in [6, 6.07) is 5.54. The van der Waals surface area contributed by atoms with Gasteiger partial charge >= 0.3 is 0 Å². The molecule has 3 rings (SSSR count). The molecule has 7 heteroatoms. The second kappa shape index (κ2) is 7.26. The van der Waals surface area contributed by atoms with Gasteiger partial charge in [-0.2, -0.15) is 0 Å². The van der Waals surface area contributed by atoms with E-state index in [1.54, 1.807) is 11.0 Å². The summed E-state index contributed by atoms with van der Waals surface area (Å²) >= 11 is 11.9. The van der Waals surface area contributed by atoms with Crippen LogP contribution in [0.3, 0.4) is 0 Å². The van der Waals surface area contributed by atoms with E-state index in [-0.39, 0.29) is 30.1 Å². The SMILES string of the molecule is CC(CCc1ccc(Cl)c(Cl)c1)NC(=O)C1=C(O)C(=O)N(C2CC2)C1. The fourth-order valence-electron chi connectivity index (χ4n) is 2.90. The van der Waals surface area contributed by atoms with Crippen LogP contribution >= 0.6 is 23.2 Å². The van der Waals surface area contributed by atoms with Crippen LogP contribution in [0.25, 0.3) is 0 Å². The van der Waals surface area contributed by atoms with Crippen molar-refractivity contribution in [2.45, 2.75) is 44.7 Å². The van der Waals surface area contributed by atoms with Crippen LogP contribution < -0.4 is 5.32 Å². The van der Waals surface area contributed by atoms with Crippen LogP contribution in [0.2, 0.25) is 10.0 Å². The minimum Gasteiger partial charge on any atom is -0.503 e. The molecule has 1 aromatic carbocycles. The predicted molar refractivity (Wildman–Crippen MR) is 96.8 cm³/mol. The first-order chi connectivity index (χ1) is 11.9. The molecule has 1 unspecified atom stereocenters. The lowest BCUT2D eigenvalue weighted by atomic mass is 10.1. The summed E-state index contributed by atoms with van der Waals surface area (Å²) in [6.45, 7) is 2.09. The number of amides is 2. The molecule has 0 aromatic heterocycles. The monoisotopic (exact) mass is 382 g/mol. The average molecular weight is 383 g/mol. The standard InChI is InChI=1S/C18H20Cl2N2O3/c1-10(2-3-11-4-7-14(19)15(20)8-11)21-17(24)13-9-22(12-5-6-12)18(25)16(13)23/h4,7-8,10,12,23H,2-3,5-6,9H2,1H3,(H,21,24). The topological polar surface area (TPSA) is 69.6 Å². The lowest BCUT2D eigenvalue weighted by Gasteiger charge is -2.16. The third kappa shape index (κ3) is 4.10. The number of benzene rings is 1. The number of aryl methyl sites for hydroxylation is 1. The number of hydrogen-bond acceptors (Lipinski definition) is 3. The van der Waals surface area contributed by atoms with Gasteiger partial charge in [0.2, 0.25) is 0 Å². The number of carbonyl (C=O) groups excluding carboxylic acids is 2. The molecule has 1 atom stereocenters. The number of aliphatic hydroxyl groups is 1. The Morgan fingerprint density at radius 2 is 2.08 bits per heavy atom. The second-order valence-corrected chi connectivity index (χ2v) is 7.47. The van der Waals surface area contributed by atoms with Gasteiger partial charge < -0.3 is 15.3 Å². The Labute approximate surface area is 156 Å². The molecule has 1 aliphatic carbocycles. The van der Waals surface area contributed by atoms with Crippen LogP contribution in [0.4, 0.5) is 0 Å². The molecule has 5 nitrogen and oxygen atoms in total. The molecule has 1 saturated carbocycles. The summed E-state index contributed by atoms with van der Waals surface area (Å²) in [5.74, 6) is -1.23. The van der Waals surface area contributed by atoms with Crippen LogP contribution in [0.1, 0.15) is 31.7 Å². The summed E-state index contributed by atoms with van der Waals surface area (Å²) in [5.41, 5.74) is 1.20. The first kappa shape index (κ1) is 18.1. The van der Waals surface area contributed by atoms with Crippen molar-refractivity contribution in [3.63, 3.8) is 0 Å². The molecule has 25 heavy (non-hydrogen) atoms. The average Bonchev–Trinajstić information content (AvgIpc) is 3.36. The van der Waals surface area contributed by atoms with Crippen molar-refractivity contribution in [3.8, 4) is 0 Å². The Morgan fingerprint density at radius 3 is 2.72 bits per heavy atom. The van der Waals surface area contributed by atoms with Gasteiger partial charge in [-0.25, -0.2) is 0 Å². The van der Waals surface area contributed by atoms with Gasteiger partial charge in [-0.3, -0.25) is 9.59 Å². The number of nitrogens with zero attached hydrogens (tertiary/aromatic N) is 1. The zero-order valence-corrected chi connectivity index (χ0v) is 15.4. The maximum absolute atomic E-state index is 12.4. The van der Waals surface area contributed by atoms with Crippen LogP contribution in [0, 0.1) is 0 Å². The van der Waals surface area contributed by atoms with E-state index in [0.717, 1.165) is 24.8 Å². The Balaban J connectivity index is 1.53. The van der Waals surface area contributed by atoms with Gasteiger partial charge in [0, 0.05) is 12.1 Å². The Morgan fingerprint density at radius 1 is 1.36 bits per heavy atom. The molecule has 0 spiro atoms. The van der Waals surface area contributed by atoms with E-state index in [4.69, 9.17) is 23.2 Å². The van der Waals surface area contributed by atoms with Gasteiger partial charge in [0.05, 0.1) is 22.2 Å². The minimum absolute atomic E-state index is 0.104. The number of hydrogen-bond donors (Lipinski definition) is 2. The third-order valence-electron chi connectivity index (χ3n) is 4.57. The molecule has 134 valence electrons. The molecule has 1 heterocycles. The maximum Gasteiger partial charge on any atom is 0.289 e. The predicted octanol–water partition coefficient (Wildman–Crippen LogP) is 3.25. The summed E-state index contributed by atoms with van der Waals surface area (Å²) in [7, 11) is 0. The van der Waals surface area contributed by atoms with E-state index >= 15 is 0 Å². The summed E-state index contributed by atoms with van der Waals surface area (Å²) in [5, 5.41) is 13.8. The first-order valence-electron chi connectivity index (χ1n) is 8.34. The van der Waals surface area contributed by atoms with Gasteiger partial charge in [-0.15, -0.1) is 0 Å². The highest BCUT2D eigenvalue weighted by Crippen LogP contribution is 2.32. The van der Waals surface area contributed by atoms with E-state index < -0.39 is 11.7 Å². The molecule has 2 N–H and O–H groups in total. The first-order valence-corrected chi connectivity index (χ1v) is 9.10. The van der Waals surface area contributed by atoms with Crippen molar-refractivity contribution >= 4 is 35.0 Å². The van der Waals surface area contributed by atoms with Gasteiger partial charge in [-0.05, 0) is 50.3 Å². The van der Waals surface area contributed by atoms with E-state index in [1.807, 2.05) is 19.1 Å². The van der Waals surface area contributed by atoms with Crippen molar-refractivity contribution in [1.82, 2.24) is 10.2 Å². The number of halogens is 2. The van der Waals surface area contributed by atoms with Crippen molar-refractivity contribution < 1.29 is 14.7 Å². The molecule has 1 fully saturated rings. The zero-order valence-electron chi connectivity index (χ0n) is 13.9. The maximum atomic E-state index is 12.4. The van der Waals surface area contributed by atoms with E-state index in [2.05, 4.69) is 5.32 Å². The smallest absolute Gasteiger partial charge is 0.289 e. The molecule has 0 bridgehead atoms. The van der Waals surface area contributed by atoms with Crippen LogP contribution in [0.15, 0.2) is 29.5 Å². The highest BCUT2D eigenvalue weighted by molar-refractivity contribution is 6.42. The molecule has 0 saturated heterocycles. The fraction of sp³-hybridized carbons (Fsp3) is 0.444.